The van der Waals surface area contributed by atoms with Gasteiger partial charge in [0.2, 0.25) is 0 Å². The van der Waals surface area contributed by atoms with Crippen LogP contribution in [0.5, 0.6) is 0 Å². The number of nitrogens with two attached hydrogens (primary N) is 1. The van der Waals surface area contributed by atoms with E-state index in [1.165, 1.54) is 0 Å². The molecule has 0 unspecified atom stereocenters. The van der Waals surface area contributed by atoms with E-state index >= 15 is 0 Å². The minimum absolute atomic E-state index is 0.0119. The van der Waals surface area contributed by atoms with Crippen LogP contribution in [0.2, 0.25) is 0 Å². The second-order valence-electron chi connectivity index (χ2n) is 5.03. The van der Waals surface area contributed by atoms with Crippen LogP contribution >= 0.6 is 0 Å². The van der Waals surface area contributed by atoms with Crippen molar-refractivity contribution in [3.05, 3.63) is 35.9 Å². The molecule has 0 saturated carbocycles. The number of benzene rings is 1. The molecule has 0 spiro atoms. The van der Waals surface area contributed by atoms with Crippen molar-refractivity contribution in [2.45, 2.75) is 12.6 Å². The van der Waals surface area contributed by atoms with Gasteiger partial charge in [0.05, 0.1) is 6.61 Å². The smallest absolute Gasteiger partial charge is 0.404 e. The summed E-state index contributed by atoms with van der Waals surface area (Å²) in [6.45, 7) is -0.671. The molecular formula is C13H15N3O8S. The molecule has 2 rings (SSSR count). The summed E-state index contributed by atoms with van der Waals surface area (Å²) in [5.74, 6) is -3.64. The molecule has 12 heteroatoms. The summed E-state index contributed by atoms with van der Waals surface area (Å²) in [5.41, 5.74) is 7.54. The lowest BCUT2D eigenvalue weighted by Crippen LogP contribution is -2.68. The number of hydrogen-bond donors (Lipinski definition) is 3. The van der Waals surface area contributed by atoms with Crippen molar-refractivity contribution in [3.63, 3.8) is 0 Å². The minimum Gasteiger partial charge on any atom is -0.447 e. The van der Waals surface area contributed by atoms with Gasteiger partial charge in [-0.1, -0.05) is 30.3 Å². The molecule has 1 aliphatic heterocycles. The zero-order valence-corrected chi connectivity index (χ0v) is 13.5. The number of hydrogen-bond acceptors (Lipinski definition) is 7. The van der Waals surface area contributed by atoms with Crippen LogP contribution in [0.3, 0.4) is 0 Å². The molecule has 1 aromatic rings. The Morgan fingerprint density at radius 2 is 1.92 bits per heavy atom. The van der Waals surface area contributed by atoms with E-state index in [2.05, 4.69) is 4.74 Å². The first-order valence-electron chi connectivity index (χ1n) is 6.90. The highest BCUT2D eigenvalue weighted by molar-refractivity contribution is 7.84. The summed E-state index contributed by atoms with van der Waals surface area (Å²) < 4.78 is 35.8. The third kappa shape index (κ3) is 4.43. The molecule has 1 saturated heterocycles. The molecule has 1 aliphatic rings. The number of nitrogens with one attached hydrogen (secondary N) is 1. The van der Waals surface area contributed by atoms with Gasteiger partial charge in [0.25, 0.3) is 11.8 Å². The van der Waals surface area contributed by atoms with Gasteiger partial charge in [-0.25, -0.2) is 14.6 Å². The van der Waals surface area contributed by atoms with Gasteiger partial charge in [-0.3, -0.25) is 19.0 Å². The minimum atomic E-state index is -4.91. The largest absolute Gasteiger partial charge is 0.447 e. The highest BCUT2D eigenvalue weighted by atomic mass is 32.2. The molecule has 1 fully saturated rings. The summed E-state index contributed by atoms with van der Waals surface area (Å²) in [6.07, 6.45) is -1.23. The van der Waals surface area contributed by atoms with Crippen LogP contribution in [0.25, 0.3) is 0 Å². The molecule has 0 aromatic heterocycles. The van der Waals surface area contributed by atoms with Gasteiger partial charge >= 0.3 is 16.4 Å². The number of amides is 3. The molecule has 3 amide bonds. The monoisotopic (exact) mass is 373 g/mol. The molecular weight excluding hydrogens is 358 g/mol. The standard InChI is InChI=1S/C13H15N3O8S/c14-13(19)23-7-9-10(12(18)16(9)25(20,21)22)11(17)15-24-6-8-4-2-1-3-5-8/h1-5,9-10H,6-7H2,(H2,14,19)(H,15,17)(H,20,21,22)/t9-,10+/m1/s1. The van der Waals surface area contributed by atoms with Crippen molar-refractivity contribution in [1.82, 2.24) is 9.79 Å². The van der Waals surface area contributed by atoms with Gasteiger partial charge in [-0.15, -0.1) is 0 Å². The van der Waals surface area contributed by atoms with Gasteiger partial charge in [0.15, 0.2) is 0 Å². The highest BCUT2D eigenvalue weighted by Crippen LogP contribution is 2.30. The van der Waals surface area contributed by atoms with Crippen LogP contribution < -0.4 is 11.2 Å². The van der Waals surface area contributed by atoms with Crippen molar-refractivity contribution in [2.75, 3.05) is 6.61 Å². The van der Waals surface area contributed by atoms with Crippen LogP contribution in [0.4, 0.5) is 4.79 Å². The lowest BCUT2D eigenvalue weighted by atomic mass is 9.90. The molecule has 2 atom stereocenters. The van der Waals surface area contributed by atoms with E-state index in [9.17, 15) is 22.8 Å². The van der Waals surface area contributed by atoms with Crippen LogP contribution in [0.1, 0.15) is 5.56 Å². The fourth-order valence-electron chi connectivity index (χ4n) is 2.25. The van der Waals surface area contributed by atoms with Crippen LogP contribution in [0, 0.1) is 5.92 Å². The van der Waals surface area contributed by atoms with Crippen molar-refractivity contribution < 1.29 is 36.9 Å². The first-order chi connectivity index (χ1) is 11.7. The molecule has 0 aliphatic carbocycles. The highest BCUT2D eigenvalue weighted by Gasteiger charge is 2.57. The molecule has 136 valence electrons. The zero-order valence-electron chi connectivity index (χ0n) is 12.7. The molecule has 1 aromatic carbocycles. The molecule has 4 N–H and O–H groups in total. The van der Waals surface area contributed by atoms with E-state index in [0.29, 0.717) is 0 Å². The lowest BCUT2D eigenvalue weighted by molar-refractivity contribution is -0.162. The quantitative estimate of drug-likeness (QED) is 0.236. The van der Waals surface area contributed by atoms with E-state index in [4.69, 9.17) is 15.1 Å². The summed E-state index contributed by atoms with van der Waals surface area (Å²) in [5, 5.41) is 0. The Labute approximate surface area is 142 Å². The van der Waals surface area contributed by atoms with Gasteiger partial charge in [0.1, 0.15) is 18.6 Å². The van der Waals surface area contributed by atoms with Gasteiger partial charge in [0, 0.05) is 0 Å². The number of carbonyl (C=O) groups is 3. The maximum Gasteiger partial charge on any atom is 0.404 e. The fraction of sp³-hybridized carbons (Fsp3) is 0.308. The molecule has 0 bridgehead atoms. The Morgan fingerprint density at radius 1 is 1.28 bits per heavy atom. The van der Waals surface area contributed by atoms with Gasteiger partial charge in [-0.2, -0.15) is 8.42 Å². The Kier molecular flexibility index (Phi) is 5.56. The summed E-state index contributed by atoms with van der Waals surface area (Å²) in [4.78, 5) is 39.5. The average molecular weight is 373 g/mol. The predicted molar refractivity (Wildman–Crippen MR) is 80.6 cm³/mol. The van der Waals surface area contributed by atoms with E-state index in [1.54, 1.807) is 30.3 Å². The Morgan fingerprint density at radius 3 is 2.48 bits per heavy atom. The number of carbonyl (C=O) groups excluding carboxylic acids is 3. The van der Waals surface area contributed by atoms with Crippen molar-refractivity contribution in [3.8, 4) is 0 Å². The van der Waals surface area contributed by atoms with Crippen LogP contribution in [0.15, 0.2) is 30.3 Å². The average Bonchev–Trinajstić information content (AvgIpc) is 2.50. The van der Waals surface area contributed by atoms with E-state index in [-0.39, 0.29) is 10.9 Å². The predicted octanol–water partition coefficient (Wildman–Crippen LogP) is -1.04. The second kappa shape index (κ2) is 7.46. The van der Waals surface area contributed by atoms with E-state index in [0.717, 1.165) is 5.56 Å². The third-order valence-corrected chi connectivity index (χ3v) is 4.30. The molecule has 1 heterocycles. The number of β-lactam (4-membered cyclic amide) rings is 1. The normalized spacial score (nSPS) is 19.9. The topological polar surface area (TPSA) is 165 Å². The molecule has 25 heavy (non-hydrogen) atoms. The number of ether oxygens (including phenoxy) is 1. The van der Waals surface area contributed by atoms with Crippen molar-refractivity contribution >= 4 is 28.2 Å². The zero-order chi connectivity index (χ0) is 18.6. The first kappa shape index (κ1) is 18.6. The Balaban J connectivity index is 1.98. The Hall–Kier alpha value is -2.70. The third-order valence-electron chi connectivity index (χ3n) is 3.35. The Bertz CT molecular complexity index is 767. The second-order valence-corrected chi connectivity index (χ2v) is 6.32. The maximum atomic E-state index is 12.0. The summed E-state index contributed by atoms with van der Waals surface area (Å²) in [6, 6.07) is 7.38. The van der Waals surface area contributed by atoms with Gasteiger partial charge < -0.3 is 10.5 Å². The van der Waals surface area contributed by atoms with Crippen LogP contribution in [-0.2, 0) is 36.1 Å². The van der Waals surface area contributed by atoms with Crippen LogP contribution in [-0.4, -0.2) is 47.8 Å². The van der Waals surface area contributed by atoms with Crippen molar-refractivity contribution in [2.24, 2.45) is 11.7 Å². The number of nitrogens with zero attached hydrogens (tertiary/aromatic N) is 1. The summed E-state index contributed by atoms with van der Waals surface area (Å²) >= 11 is 0. The molecule has 11 nitrogen and oxygen atoms in total. The SMILES string of the molecule is NC(=O)OC[C@@H]1[C@@H](C(=O)NOCc2ccccc2)C(=O)N1S(=O)(=O)O. The summed E-state index contributed by atoms with van der Waals surface area (Å²) in [7, 11) is -4.91. The van der Waals surface area contributed by atoms with Gasteiger partial charge in [-0.05, 0) is 5.56 Å². The fourth-order valence-corrected chi connectivity index (χ4v) is 3.12. The van der Waals surface area contributed by atoms with Crippen molar-refractivity contribution in [1.29, 1.82) is 0 Å². The number of hydroxylamine groups is 1. The first-order valence-corrected chi connectivity index (χ1v) is 8.30. The van der Waals surface area contributed by atoms with E-state index < -0.39 is 46.8 Å². The number of rotatable bonds is 7. The van der Waals surface area contributed by atoms with E-state index in [1.807, 2.05) is 5.48 Å². The number of primary amides is 1. The lowest BCUT2D eigenvalue weighted by Gasteiger charge is -2.42. The maximum absolute atomic E-state index is 12.0. The molecule has 0 radical (unpaired) electrons.